The molecule has 0 aromatic carbocycles. The number of rotatable bonds is 2. The lowest BCUT2D eigenvalue weighted by molar-refractivity contribution is 0.251. The number of nitrogens with one attached hydrogen (secondary N) is 1. The molecule has 9 heteroatoms. The number of amides is 2. The minimum atomic E-state index is -3.08. The Balaban J connectivity index is 1.92. The van der Waals surface area contributed by atoms with Gasteiger partial charge in [-0.3, -0.25) is 4.90 Å². The Hall–Kier alpha value is -1.22. The minimum Gasteiger partial charge on any atom is -0.332 e. The van der Waals surface area contributed by atoms with Crippen LogP contribution in [-0.2, 0) is 9.84 Å². The van der Waals surface area contributed by atoms with Gasteiger partial charge >= 0.3 is 6.03 Å². The van der Waals surface area contributed by atoms with Crippen molar-refractivity contribution in [3.63, 3.8) is 0 Å². The van der Waals surface area contributed by atoms with Crippen molar-refractivity contribution in [3.05, 3.63) is 5.01 Å². The van der Waals surface area contributed by atoms with Crippen LogP contribution in [0.2, 0.25) is 0 Å². The van der Waals surface area contributed by atoms with Crippen molar-refractivity contribution in [1.82, 2.24) is 15.5 Å². The van der Waals surface area contributed by atoms with Gasteiger partial charge < -0.3 is 5.32 Å². The van der Waals surface area contributed by atoms with Crippen LogP contribution in [0.15, 0.2) is 0 Å². The molecule has 1 N–H and O–H groups in total. The van der Waals surface area contributed by atoms with Gasteiger partial charge in [0.25, 0.3) is 0 Å². The van der Waals surface area contributed by atoms with Gasteiger partial charge in [0.15, 0.2) is 9.84 Å². The zero-order valence-electron chi connectivity index (χ0n) is 10.5. The Morgan fingerprint density at radius 1 is 1.37 bits per heavy atom. The predicted octanol–water partition coefficient (Wildman–Crippen LogP) is 0.357. The summed E-state index contributed by atoms with van der Waals surface area (Å²) < 4.78 is 23.3. The molecule has 2 aliphatic heterocycles. The Morgan fingerprint density at radius 3 is 2.74 bits per heavy atom. The first-order valence-electron chi connectivity index (χ1n) is 6.01. The SMILES string of the molecule is CC(C)c1nnc(N2C(=O)N[C@H]3CS(=O)(=O)C[C@H]32)s1. The van der Waals surface area contributed by atoms with Crippen LogP contribution in [0.5, 0.6) is 0 Å². The van der Waals surface area contributed by atoms with Crippen LogP contribution in [0, 0.1) is 0 Å². The molecule has 2 aliphatic rings. The van der Waals surface area contributed by atoms with Gasteiger partial charge in [0.05, 0.1) is 23.6 Å². The van der Waals surface area contributed by atoms with E-state index in [4.69, 9.17) is 0 Å². The Labute approximate surface area is 114 Å². The molecule has 2 fully saturated rings. The highest BCUT2D eigenvalue weighted by Gasteiger charge is 2.50. The standard InChI is InChI=1S/C10H14N4O3S2/c1-5(2)8-12-13-10(18-8)14-7-4-19(16,17)3-6(7)11-9(14)15/h5-7H,3-4H2,1-2H3,(H,11,15)/t6-,7+/m0/s1. The fourth-order valence-electron chi connectivity index (χ4n) is 2.39. The first-order valence-corrected chi connectivity index (χ1v) is 8.65. The summed E-state index contributed by atoms with van der Waals surface area (Å²) in [4.78, 5) is 13.4. The largest absolute Gasteiger partial charge is 0.332 e. The molecule has 0 bridgehead atoms. The third-order valence-electron chi connectivity index (χ3n) is 3.31. The Bertz CT molecular complexity index is 624. The van der Waals surface area contributed by atoms with Gasteiger partial charge in [-0.2, -0.15) is 0 Å². The van der Waals surface area contributed by atoms with E-state index >= 15 is 0 Å². The molecule has 3 heterocycles. The van der Waals surface area contributed by atoms with E-state index in [1.807, 2.05) is 13.8 Å². The number of carbonyl (C=O) groups is 1. The number of aromatic nitrogens is 2. The predicted molar refractivity (Wildman–Crippen MR) is 71.2 cm³/mol. The lowest BCUT2D eigenvalue weighted by Gasteiger charge is -2.16. The van der Waals surface area contributed by atoms with Crippen LogP contribution in [0.25, 0.3) is 0 Å². The zero-order valence-corrected chi connectivity index (χ0v) is 12.2. The average molecular weight is 302 g/mol. The normalized spacial score (nSPS) is 28.8. The highest BCUT2D eigenvalue weighted by Crippen LogP contribution is 2.33. The van der Waals surface area contributed by atoms with Crippen molar-refractivity contribution in [1.29, 1.82) is 0 Å². The maximum absolute atomic E-state index is 11.9. The molecule has 2 atom stereocenters. The highest BCUT2D eigenvalue weighted by atomic mass is 32.2. The van der Waals surface area contributed by atoms with E-state index in [1.54, 1.807) is 0 Å². The van der Waals surface area contributed by atoms with Crippen molar-refractivity contribution in [3.8, 4) is 0 Å². The number of hydrogen-bond acceptors (Lipinski definition) is 6. The second-order valence-electron chi connectivity index (χ2n) is 5.15. The fourth-order valence-corrected chi connectivity index (χ4v) is 5.18. The van der Waals surface area contributed by atoms with Crippen molar-refractivity contribution in [2.75, 3.05) is 16.4 Å². The van der Waals surface area contributed by atoms with Crippen molar-refractivity contribution >= 4 is 32.3 Å². The summed E-state index contributed by atoms with van der Waals surface area (Å²) in [5, 5.41) is 12.1. The van der Waals surface area contributed by atoms with E-state index in [0.29, 0.717) is 5.13 Å². The summed E-state index contributed by atoms with van der Waals surface area (Å²) in [6.07, 6.45) is 0. The summed E-state index contributed by atoms with van der Waals surface area (Å²) in [5.41, 5.74) is 0. The molecule has 0 unspecified atom stereocenters. The van der Waals surface area contributed by atoms with E-state index in [1.165, 1.54) is 16.2 Å². The summed E-state index contributed by atoms with van der Waals surface area (Å²) in [6.45, 7) is 3.99. The molecule has 1 aromatic rings. The first kappa shape index (κ1) is 12.8. The van der Waals surface area contributed by atoms with E-state index in [0.717, 1.165) is 5.01 Å². The number of nitrogens with zero attached hydrogens (tertiary/aromatic N) is 3. The van der Waals surface area contributed by atoms with E-state index in [9.17, 15) is 13.2 Å². The monoisotopic (exact) mass is 302 g/mol. The molecule has 104 valence electrons. The molecule has 0 radical (unpaired) electrons. The smallest absolute Gasteiger partial charge is 0.324 e. The van der Waals surface area contributed by atoms with Crippen LogP contribution in [0.3, 0.4) is 0 Å². The molecule has 2 amide bonds. The lowest BCUT2D eigenvalue weighted by Crippen LogP contribution is -2.36. The third kappa shape index (κ3) is 2.10. The van der Waals surface area contributed by atoms with Crippen LogP contribution >= 0.6 is 11.3 Å². The summed E-state index contributed by atoms with van der Waals surface area (Å²) in [7, 11) is -3.08. The lowest BCUT2D eigenvalue weighted by atomic mass is 10.2. The van der Waals surface area contributed by atoms with Crippen LogP contribution in [-0.4, -0.2) is 48.2 Å². The number of hydrogen-bond donors (Lipinski definition) is 1. The van der Waals surface area contributed by atoms with Crippen molar-refractivity contribution in [2.45, 2.75) is 31.8 Å². The number of carbonyl (C=O) groups excluding carboxylic acids is 1. The van der Waals surface area contributed by atoms with Gasteiger partial charge in [-0.05, 0) is 0 Å². The second-order valence-corrected chi connectivity index (χ2v) is 8.29. The fraction of sp³-hybridized carbons (Fsp3) is 0.700. The van der Waals surface area contributed by atoms with E-state index in [2.05, 4.69) is 15.5 Å². The van der Waals surface area contributed by atoms with E-state index in [-0.39, 0.29) is 35.5 Å². The molecule has 7 nitrogen and oxygen atoms in total. The van der Waals surface area contributed by atoms with Gasteiger partial charge in [0.2, 0.25) is 5.13 Å². The molecule has 0 spiro atoms. The number of anilines is 1. The van der Waals surface area contributed by atoms with Crippen LogP contribution in [0.1, 0.15) is 24.8 Å². The molecule has 19 heavy (non-hydrogen) atoms. The van der Waals surface area contributed by atoms with Gasteiger partial charge in [0, 0.05) is 5.92 Å². The molecule has 0 aliphatic carbocycles. The number of sulfone groups is 1. The van der Waals surface area contributed by atoms with Gasteiger partial charge in [-0.15, -0.1) is 10.2 Å². The van der Waals surface area contributed by atoms with Gasteiger partial charge in [-0.25, -0.2) is 13.2 Å². The third-order valence-corrected chi connectivity index (χ3v) is 6.25. The molecule has 1 aromatic heterocycles. The van der Waals surface area contributed by atoms with Gasteiger partial charge in [0.1, 0.15) is 5.01 Å². The van der Waals surface area contributed by atoms with Gasteiger partial charge in [-0.1, -0.05) is 25.2 Å². The second kappa shape index (κ2) is 4.14. The maximum atomic E-state index is 11.9. The minimum absolute atomic E-state index is 0.00695. The molecule has 3 rings (SSSR count). The number of fused-ring (bicyclic) bond motifs is 1. The summed E-state index contributed by atoms with van der Waals surface area (Å²) in [6, 6.07) is -0.967. The summed E-state index contributed by atoms with van der Waals surface area (Å²) in [5.74, 6) is 0.239. The molecular formula is C10H14N4O3S2. The Morgan fingerprint density at radius 2 is 2.11 bits per heavy atom. The topological polar surface area (TPSA) is 92.3 Å². The molecule has 2 saturated heterocycles. The Kier molecular flexibility index (Phi) is 2.79. The highest BCUT2D eigenvalue weighted by molar-refractivity contribution is 7.91. The first-order chi connectivity index (χ1) is 8.87. The molecular weight excluding hydrogens is 288 g/mol. The maximum Gasteiger partial charge on any atom is 0.324 e. The molecule has 0 saturated carbocycles. The quantitative estimate of drug-likeness (QED) is 0.796. The summed E-state index contributed by atoms with van der Waals surface area (Å²) >= 11 is 1.34. The van der Waals surface area contributed by atoms with E-state index < -0.39 is 9.84 Å². The van der Waals surface area contributed by atoms with Crippen LogP contribution in [0.4, 0.5) is 9.93 Å². The zero-order chi connectivity index (χ0) is 13.8. The van der Waals surface area contributed by atoms with Crippen molar-refractivity contribution < 1.29 is 13.2 Å². The average Bonchev–Trinajstić information content (AvgIpc) is 2.90. The van der Waals surface area contributed by atoms with Crippen molar-refractivity contribution in [2.24, 2.45) is 0 Å². The number of urea groups is 1. The van der Waals surface area contributed by atoms with Crippen LogP contribution < -0.4 is 10.2 Å².